The molecule has 1 aliphatic heterocycles. The first-order valence-electron chi connectivity index (χ1n) is 6.06. The Kier molecular flexibility index (Phi) is 2.88. The van der Waals surface area contributed by atoms with E-state index in [0.29, 0.717) is 5.89 Å². The van der Waals surface area contributed by atoms with E-state index in [2.05, 4.69) is 15.5 Å². The second-order valence-corrected chi connectivity index (χ2v) is 4.33. The maximum atomic E-state index is 5.30. The van der Waals surface area contributed by atoms with Crippen molar-refractivity contribution in [3.63, 3.8) is 0 Å². The molecule has 2 heterocycles. The van der Waals surface area contributed by atoms with Gasteiger partial charge in [0.05, 0.1) is 6.04 Å². The van der Waals surface area contributed by atoms with E-state index in [0.717, 1.165) is 24.4 Å². The van der Waals surface area contributed by atoms with Gasteiger partial charge >= 0.3 is 0 Å². The summed E-state index contributed by atoms with van der Waals surface area (Å²) in [6.45, 7) is 1.04. The van der Waals surface area contributed by atoms with Crippen LogP contribution in [-0.4, -0.2) is 16.7 Å². The van der Waals surface area contributed by atoms with E-state index in [1.165, 1.54) is 12.8 Å². The summed E-state index contributed by atoms with van der Waals surface area (Å²) < 4.78 is 5.30. The molecule has 0 aliphatic carbocycles. The average molecular weight is 229 g/mol. The molecule has 1 atom stereocenters. The van der Waals surface area contributed by atoms with Gasteiger partial charge in [-0.25, -0.2) is 0 Å². The molecular weight excluding hydrogens is 214 g/mol. The number of aromatic nitrogens is 2. The minimum atomic E-state index is 0.255. The topological polar surface area (TPSA) is 51.0 Å². The third-order valence-corrected chi connectivity index (χ3v) is 3.08. The molecule has 1 saturated heterocycles. The molecule has 1 unspecified atom stereocenters. The molecule has 88 valence electrons. The third-order valence-electron chi connectivity index (χ3n) is 3.08. The van der Waals surface area contributed by atoms with Crippen LogP contribution in [0.1, 0.15) is 31.1 Å². The van der Waals surface area contributed by atoms with Gasteiger partial charge in [0.15, 0.2) is 5.82 Å². The molecule has 1 aromatic heterocycles. The molecular formula is C13H15N3O. The predicted octanol–water partition coefficient (Wildman–Crippen LogP) is 2.55. The smallest absolute Gasteiger partial charge is 0.257 e. The number of piperidine rings is 1. The van der Waals surface area contributed by atoms with Crippen molar-refractivity contribution in [1.82, 2.24) is 15.5 Å². The van der Waals surface area contributed by atoms with Crippen LogP contribution in [0.5, 0.6) is 0 Å². The number of rotatable bonds is 2. The van der Waals surface area contributed by atoms with Crippen LogP contribution in [-0.2, 0) is 0 Å². The lowest BCUT2D eigenvalue weighted by atomic mass is 10.0. The molecule has 0 amide bonds. The van der Waals surface area contributed by atoms with Gasteiger partial charge in [-0.05, 0) is 31.5 Å². The van der Waals surface area contributed by atoms with Crippen LogP contribution in [0.3, 0.4) is 0 Å². The number of hydrogen-bond acceptors (Lipinski definition) is 4. The Bertz CT molecular complexity index is 474. The lowest BCUT2D eigenvalue weighted by Crippen LogP contribution is -2.27. The Hall–Kier alpha value is -1.68. The van der Waals surface area contributed by atoms with E-state index in [1.54, 1.807) is 0 Å². The number of nitrogens with zero attached hydrogens (tertiary/aromatic N) is 2. The summed E-state index contributed by atoms with van der Waals surface area (Å²) in [7, 11) is 0. The average Bonchev–Trinajstić information content (AvgIpc) is 2.90. The monoisotopic (exact) mass is 229 g/mol. The number of hydrogen-bond donors (Lipinski definition) is 1. The summed E-state index contributed by atoms with van der Waals surface area (Å²) in [6, 6.07) is 10.1. The van der Waals surface area contributed by atoms with E-state index < -0.39 is 0 Å². The Morgan fingerprint density at radius 3 is 2.82 bits per heavy atom. The molecule has 17 heavy (non-hydrogen) atoms. The highest BCUT2D eigenvalue weighted by Crippen LogP contribution is 2.23. The number of nitrogens with one attached hydrogen (secondary N) is 1. The van der Waals surface area contributed by atoms with Gasteiger partial charge in [0.25, 0.3) is 5.89 Å². The highest BCUT2D eigenvalue weighted by Gasteiger charge is 2.20. The summed E-state index contributed by atoms with van der Waals surface area (Å²) in [5.74, 6) is 1.39. The maximum absolute atomic E-state index is 5.30. The molecule has 1 aliphatic rings. The van der Waals surface area contributed by atoms with Gasteiger partial charge in [0.2, 0.25) is 0 Å². The Morgan fingerprint density at radius 1 is 1.18 bits per heavy atom. The summed E-state index contributed by atoms with van der Waals surface area (Å²) in [5.41, 5.74) is 0.974. The first kappa shape index (κ1) is 10.5. The van der Waals surface area contributed by atoms with Crippen LogP contribution in [0.25, 0.3) is 11.5 Å². The second kappa shape index (κ2) is 4.67. The first-order valence-corrected chi connectivity index (χ1v) is 6.06. The molecule has 1 N–H and O–H groups in total. The molecule has 1 aromatic carbocycles. The van der Waals surface area contributed by atoms with Gasteiger partial charge in [-0.15, -0.1) is 0 Å². The van der Waals surface area contributed by atoms with Crippen molar-refractivity contribution in [3.8, 4) is 11.5 Å². The summed E-state index contributed by atoms with van der Waals surface area (Å²) >= 11 is 0. The zero-order valence-corrected chi connectivity index (χ0v) is 9.60. The molecule has 1 fully saturated rings. The van der Waals surface area contributed by atoms with Crippen LogP contribution in [0.2, 0.25) is 0 Å². The Balaban J connectivity index is 1.83. The standard InChI is InChI=1S/C13H15N3O/c1-2-6-10(7-3-1)13-15-12(16-17-13)11-8-4-5-9-14-11/h1-3,6-7,11,14H,4-5,8-9H2. The maximum Gasteiger partial charge on any atom is 0.257 e. The van der Waals surface area contributed by atoms with Crippen LogP contribution in [0, 0.1) is 0 Å². The minimum absolute atomic E-state index is 0.255. The van der Waals surface area contributed by atoms with E-state index >= 15 is 0 Å². The van der Waals surface area contributed by atoms with Crippen molar-refractivity contribution in [1.29, 1.82) is 0 Å². The molecule has 3 rings (SSSR count). The van der Waals surface area contributed by atoms with Gasteiger partial charge in [-0.1, -0.05) is 29.8 Å². The molecule has 0 radical (unpaired) electrons. The van der Waals surface area contributed by atoms with Crippen LogP contribution in [0.15, 0.2) is 34.9 Å². The van der Waals surface area contributed by atoms with Gasteiger partial charge in [-0.2, -0.15) is 4.98 Å². The summed E-state index contributed by atoms with van der Waals surface area (Å²) in [5, 5.41) is 7.48. The fourth-order valence-electron chi connectivity index (χ4n) is 2.15. The SMILES string of the molecule is c1ccc(-c2nc(C3CCCCN3)no2)cc1. The van der Waals surface area contributed by atoms with Crippen LogP contribution in [0.4, 0.5) is 0 Å². The molecule has 0 saturated carbocycles. The molecule has 4 heteroatoms. The highest BCUT2D eigenvalue weighted by atomic mass is 16.5. The van der Waals surface area contributed by atoms with Gasteiger partial charge in [0.1, 0.15) is 0 Å². The van der Waals surface area contributed by atoms with Crippen molar-refractivity contribution in [2.45, 2.75) is 25.3 Å². The second-order valence-electron chi connectivity index (χ2n) is 4.33. The van der Waals surface area contributed by atoms with E-state index in [1.807, 2.05) is 30.3 Å². The van der Waals surface area contributed by atoms with E-state index in [-0.39, 0.29) is 6.04 Å². The summed E-state index contributed by atoms with van der Waals surface area (Å²) in [4.78, 5) is 4.46. The largest absolute Gasteiger partial charge is 0.334 e. The van der Waals surface area contributed by atoms with Crippen molar-refractivity contribution in [2.24, 2.45) is 0 Å². The van der Waals surface area contributed by atoms with Crippen molar-refractivity contribution in [2.75, 3.05) is 6.54 Å². The number of benzene rings is 1. The molecule has 2 aromatic rings. The summed E-state index contributed by atoms with van der Waals surface area (Å²) in [6.07, 6.45) is 3.56. The zero-order valence-electron chi connectivity index (χ0n) is 9.60. The van der Waals surface area contributed by atoms with Gasteiger partial charge in [0, 0.05) is 5.56 Å². The fourth-order valence-corrected chi connectivity index (χ4v) is 2.15. The lowest BCUT2D eigenvalue weighted by molar-refractivity contribution is 0.367. The molecule has 0 spiro atoms. The van der Waals surface area contributed by atoms with Gasteiger partial charge < -0.3 is 9.84 Å². The van der Waals surface area contributed by atoms with Crippen molar-refractivity contribution in [3.05, 3.63) is 36.2 Å². The van der Waals surface area contributed by atoms with Gasteiger partial charge in [-0.3, -0.25) is 0 Å². The van der Waals surface area contributed by atoms with Crippen LogP contribution < -0.4 is 5.32 Å². The molecule has 0 bridgehead atoms. The van der Waals surface area contributed by atoms with Crippen LogP contribution >= 0.6 is 0 Å². The predicted molar refractivity (Wildman–Crippen MR) is 64.3 cm³/mol. The van der Waals surface area contributed by atoms with Crippen molar-refractivity contribution >= 4 is 0 Å². The third kappa shape index (κ3) is 2.22. The zero-order chi connectivity index (χ0) is 11.5. The molecule has 4 nitrogen and oxygen atoms in total. The quantitative estimate of drug-likeness (QED) is 0.859. The lowest BCUT2D eigenvalue weighted by Gasteiger charge is -2.19. The minimum Gasteiger partial charge on any atom is -0.334 e. The normalized spacial score (nSPS) is 20.4. The van der Waals surface area contributed by atoms with E-state index in [4.69, 9.17) is 4.52 Å². The fraction of sp³-hybridized carbons (Fsp3) is 0.385. The Morgan fingerprint density at radius 2 is 2.06 bits per heavy atom. The highest BCUT2D eigenvalue weighted by molar-refractivity contribution is 5.52. The first-order chi connectivity index (χ1) is 8.43. The van der Waals surface area contributed by atoms with E-state index in [9.17, 15) is 0 Å². The van der Waals surface area contributed by atoms with Crippen molar-refractivity contribution < 1.29 is 4.52 Å². The Labute approximate surface area is 100 Å².